The van der Waals surface area contributed by atoms with Crippen molar-refractivity contribution in [2.75, 3.05) is 13.7 Å². The fourth-order valence-corrected chi connectivity index (χ4v) is 1.48. The van der Waals surface area contributed by atoms with Crippen LogP contribution in [0.4, 0.5) is 8.78 Å². The lowest BCUT2D eigenvalue weighted by atomic mass is 10.0. The number of esters is 1. The molecule has 0 aliphatic carbocycles. The Morgan fingerprint density at radius 1 is 1.50 bits per heavy atom. The van der Waals surface area contributed by atoms with Crippen LogP contribution in [0.1, 0.15) is 34.8 Å². The third-order valence-electron chi connectivity index (χ3n) is 2.23. The Morgan fingerprint density at radius 2 is 2.17 bits per heavy atom. The van der Waals surface area contributed by atoms with Gasteiger partial charge in [-0.25, -0.2) is 13.6 Å². The van der Waals surface area contributed by atoms with Crippen LogP contribution in [0.3, 0.4) is 0 Å². The molecule has 0 aliphatic heterocycles. The Hall–Kier alpha value is -2.16. The van der Waals surface area contributed by atoms with Crippen molar-refractivity contribution < 1.29 is 23.0 Å². The van der Waals surface area contributed by atoms with Gasteiger partial charge in [0.1, 0.15) is 17.4 Å². The predicted octanol–water partition coefficient (Wildman–Crippen LogP) is 2.68. The van der Waals surface area contributed by atoms with Crippen molar-refractivity contribution in [1.82, 2.24) is 0 Å². The van der Waals surface area contributed by atoms with Gasteiger partial charge >= 0.3 is 5.97 Å². The summed E-state index contributed by atoms with van der Waals surface area (Å²) in [7, 11) is 1.16. The van der Waals surface area contributed by atoms with Crippen molar-refractivity contribution in [3.63, 3.8) is 0 Å². The Balaban J connectivity index is 3.40. The highest BCUT2D eigenvalue weighted by Crippen LogP contribution is 2.33. The van der Waals surface area contributed by atoms with Crippen molar-refractivity contribution in [2.45, 2.75) is 13.3 Å². The summed E-state index contributed by atoms with van der Waals surface area (Å²) in [6, 6.07) is 3.88. The number of carbonyl (C=O) groups excluding carboxylic acids is 1. The van der Waals surface area contributed by atoms with Gasteiger partial charge in [0.05, 0.1) is 24.8 Å². The first-order chi connectivity index (χ1) is 8.56. The number of carbonyl (C=O) groups is 1. The zero-order valence-corrected chi connectivity index (χ0v) is 9.87. The summed E-state index contributed by atoms with van der Waals surface area (Å²) in [5, 5.41) is 8.97. The maximum atomic E-state index is 12.7. The standard InChI is InChI=1S/C12H11F2NO3/c1-3-18-12(16)7-4-5-8(11(13)14)10(17-2)9(7)6-15/h4-5,11H,3H2,1-2H3. The van der Waals surface area contributed by atoms with Crippen molar-refractivity contribution in [1.29, 1.82) is 5.26 Å². The number of hydrogen-bond donors (Lipinski definition) is 0. The van der Waals surface area contributed by atoms with E-state index >= 15 is 0 Å². The van der Waals surface area contributed by atoms with Gasteiger partial charge in [-0.2, -0.15) is 5.26 Å². The van der Waals surface area contributed by atoms with E-state index in [4.69, 9.17) is 14.7 Å². The molecule has 1 rings (SSSR count). The zero-order valence-electron chi connectivity index (χ0n) is 9.87. The maximum Gasteiger partial charge on any atom is 0.339 e. The number of nitrogens with zero attached hydrogens (tertiary/aromatic N) is 1. The first-order valence-electron chi connectivity index (χ1n) is 5.13. The Kier molecular flexibility index (Phi) is 4.60. The smallest absolute Gasteiger partial charge is 0.339 e. The van der Waals surface area contributed by atoms with E-state index in [2.05, 4.69) is 0 Å². The van der Waals surface area contributed by atoms with Crippen LogP contribution in [0.2, 0.25) is 0 Å². The zero-order chi connectivity index (χ0) is 13.7. The molecule has 0 bridgehead atoms. The van der Waals surface area contributed by atoms with E-state index in [-0.39, 0.29) is 23.5 Å². The van der Waals surface area contributed by atoms with Crippen LogP contribution in [0.5, 0.6) is 5.75 Å². The Bertz CT molecular complexity index is 495. The number of benzene rings is 1. The maximum absolute atomic E-state index is 12.7. The fourth-order valence-electron chi connectivity index (χ4n) is 1.48. The Morgan fingerprint density at radius 3 is 2.61 bits per heavy atom. The van der Waals surface area contributed by atoms with E-state index in [1.165, 1.54) is 0 Å². The highest BCUT2D eigenvalue weighted by Gasteiger charge is 2.23. The van der Waals surface area contributed by atoms with Crippen LogP contribution >= 0.6 is 0 Å². The molecule has 96 valence electrons. The van der Waals surface area contributed by atoms with Gasteiger partial charge in [0.15, 0.2) is 0 Å². The first-order valence-corrected chi connectivity index (χ1v) is 5.13. The minimum absolute atomic E-state index is 0.0828. The predicted molar refractivity (Wildman–Crippen MR) is 58.6 cm³/mol. The molecule has 0 heterocycles. The van der Waals surface area contributed by atoms with Crippen molar-refractivity contribution in [3.05, 3.63) is 28.8 Å². The summed E-state index contributed by atoms with van der Waals surface area (Å²) >= 11 is 0. The van der Waals surface area contributed by atoms with Gasteiger partial charge in [-0.1, -0.05) is 0 Å². The third kappa shape index (κ3) is 2.56. The molecule has 6 heteroatoms. The van der Waals surface area contributed by atoms with E-state index in [0.29, 0.717) is 0 Å². The van der Waals surface area contributed by atoms with Gasteiger partial charge in [-0.05, 0) is 19.1 Å². The molecular weight excluding hydrogens is 244 g/mol. The van der Waals surface area contributed by atoms with E-state index in [1.807, 2.05) is 0 Å². The number of methoxy groups -OCH3 is 1. The van der Waals surface area contributed by atoms with E-state index in [1.54, 1.807) is 13.0 Å². The largest absolute Gasteiger partial charge is 0.495 e. The third-order valence-corrected chi connectivity index (χ3v) is 2.23. The van der Waals surface area contributed by atoms with Crippen molar-refractivity contribution in [2.24, 2.45) is 0 Å². The lowest BCUT2D eigenvalue weighted by Gasteiger charge is -2.12. The van der Waals surface area contributed by atoms with Gasteiger partial charge in [-0.3, -0.25) is 0 Å². The van der Waals surface area contributed by atoms with Crippen LogP contribution in [-0.2, 0) is 4.74 Å². The second-order valence-corrected chi connectivity index (χ2v) is 3.24. The molecule has 0 amide bonds. The van der Waals surface area contributed by atoms with E-state index < -0.39 is 18.0 Å². The highest BCUT2D eigenvalue weighted by atomic mass is 19.3. The number of ether oxygens (including phenoxy) is 2. The molecule has 0 aromatic heterocycles. The summed E-state index contributed by atoms with van der Waals surface area (Å²) in [5.74, 6) is -1.04. The van der Waals surface area contributed by atoms with Gasteiger partial charge in [0.25, 0.3) is 6.43 Å². The summed E-state index contributed by atoms with van der Waals surface area (Å²) in [5.41, 5.74) is -0.753. The molecule has 0 aliphatic rings. The van der Waals surface area contributed by atoms with Crippen LogP contribution in [0, 0.1) is 11.3 Å². The fraction of sp³-hybridized carbons (Fsp3) is 0.333. The molecule has 0 saturated heterocycles. The number of hydrogen-bond acceptors (Lipinski definition) is 4. The van der Waals surface area contributed by atoms with Gasteiger partial charge in [0.2, 0.25) is 0 Å². The summed E-state index contributed by atoms with van der Waals surface area (Å²) in [4.78, 5) is 11.6. The lowest BCUT2D eigenvalue weighted by molar-refractivity contribution is 0.0525. The second-order valence-electron chi connectivity index (χ2n) is 3.24. The normalized spacial score (nSPS) is 10.0. The number of rotatable bonds is 4. The number of nitriles is 1. The van der Waals surface area contributed by atoms with Crippen LogP contribution < -0.4 is 4.74 Å². The van der Waals surface area contributed by atoms with Gasteiger partial charge < -0.3 is 9.47 Å². The summed E-state index contributed by atoms with van der Waals surface area (Å²) in [6.07, 6.45) is -2.79. The van der Waals surface area contributed by atoms with Crippen LogP contribution in [0.25, 0.3) is 0 Å². The van der Waals surface area contributed by atoms with Crippen molar-refractivity contribution >= 4 is 5.97 Å². The Labute approximate surface area is 103 Å². The molecule has 1 aromatic carbocycles. The molecule has 18 heavy (non-hydrogen) atoms. The highest BCUT2D eigenvalue weighted by molar-refractivity contribution is 5.93. The number of alkyl halides is 2. The molecular formula is C12H11F2NO3. The molecule has 0 spiro atoms. The summed E-state index contributed by atoms with van der Waals surface area (Å²) < 4.78 is 34.9. The molecule has 0 unspecified atom stereocenters. The first kappa shape index (κ1) is 13.9. The molecule has 0 saturated carbocycles. The van der Waals surface area contributed by atoms with E-state index in [0.717, 1.165) is 19.2 Å². The average molecular weight is 255 g/mol. The van der Waals surface area contributed by atoms with Crippen molar-refractivity contribution in [3.8, 4) is 11.8 Å². The summed E-state index contributed by atoms with van der Waals surface area (Å²) in [6.45, 7) is 1.73. The number of halogens is 2. The SMILES string of the molecule is CCOC(=O)c1ccc(C(F)F)c(OC)c1C#N. The van der Waals surface area contributed by atoms with Gasteiger partial charge in [0, 0.05) is 0 Å². The van der Waals surface area contributed by atoms with Crippen LogP contribution in [0.15, 0.2) is 12.1 Å². The monoisotopic (exact) mass is 255 g/mol. The quantitative estimate of drug-likeness (QED) is 0.776. The molecule has 0 radical (unpaired) electrons. The van der Waals surface area contributed by atoms with Gasteiger partial charge in [-0.15, -0.1) is 0 Å². The molecule has 1 aromatic rings. The molecule has 0 atom stereocenters. The minimum Gasteiger partial charge on any atom is -0.495 e. The molecule has 0 fully saturated rings. The van der Waals surface area contributed by atoms with E-state index in [9.17, 15) is 13.6 Å². The second kappa shape index (κ2) is 5.96. The average Bonchev–Trinajstić information content (AvgIpc) is 2.36. The van der Waals surface area contributed by atoms with Crippen LogP contribution in [-0.4, -0.2) is 19.7 Å². The molecule has 0 N–H and O–H groups in total. The minimum atomic E-state index is -2.79. The molecule has 4 nitrogen and oxygen atoms in total. The topological polar surface area (TPSA) is 59.3 Å². The lowest BCUT2D eigenvalue weighted by Crippen LogP contribution is -2.09.